The molecule has 0 fully saturated rings. The van der Waals surface area contributed by atoms with Crippen LogP contribution in [0.5, 0.6) is 0 Å². The van der Waals surface area contributed by atoms with Gasteiger partial charge < -0.3 is 15.8 Å². The Hall–Kier alpha value is -2.12. The highest BCUT2D eigenvalue weighted by atomic mass is 35.5. The molecule has 22 heavy (non-hydrogen) atoms. The molecule has 0 radical (unpaired) electrons. The molecule has 1 heterocycles. The topological polar surface area (TPSA) is 94.3 Å². The largest absolute Gasteiger partial charge is 0.449 e. The molecule has 2 aromatic rings. The van der Waals surface area contributed by atoms with Crippen molar-refractivity contribution in [2.75, 3.05) is 11.1 Å². The zero-order chi connectivity index (χ0) is 16.3. The number of hydrogen-bond acceptors (Lipinski definition) is 6. The maximum atomic E-state index is 12.0. The van der Waals surface area contributed by atoms with Crippen molar-refractivity contribution in [2.45, 2.75) is 20.0 Å². The van der Waals surface area contributed by atoms with Crippen molar-refractivity contribution >= 4 is 45.7 Å². The van der Waals surface area contributed by atoms with Crippen LogP contribution in [-0.4, -0.2) is 22.4 Å². The highest BCUT2D eigenvalue weighted by Crippen LogP contribution is 2.22. The molecule has 8 heteroatoms. The molecule has 0 saturated carbocycles. The van der Waals surface area contributed by atoms with Gasteiger partial charge in [-0.15, -0.1) is 0 Å². The molecule has 116 valence electrons. The van der Waals surface area contributed by atoms with Crippen LogP contribution in [0.15, 0.2) is 24.3 Å². The predicted octanol–water partition coefficient (Wildman–Crippen LogP) is 2.87. The first-order valence-corrected chi connectivity index (χ1v) is 7.52. The molecule has 0 aliphatic carbocycles. The van der Waals surface area contributed by atoms with Crippen molar-refractivity contribution in [3.63, 3.8) is 0 Å². The molecule has 3 N–H and O–H groups in total. The zero-order valence-electron chi connectivity index (χ0n) is 11.9. The Morgan fingerprint density at radius 1 is 1.45 bits per heavy atom. The smallest absolute Gasteiger partial charge is 0.343 e. The van der Waals surface area contributed by atoms with Gasteiger partial charge in [-0.2, -0.15) is 4.37 Å². The molecular formula is C14H14ClN3O3S. The summed E-state index contributed by atoms with van der Waals surface area (Å²) in [5, 5.41) is 3.38. The van der Waals surface area contributed by atoms with E-state index in [0.717, 1.165) is 11.5 Å². The van der Waals surface area contributed by atoms with Crippen LogP contribution >= 0.6 is 23.1 Å². The Kier molecular flexibility index (Phi) is 4.99. The number of nitrogens with two attached hydrogens (primary N) is 1. The van der Waals surface area contributed by atoms with E-state index in [2.05, 4.69) is 9.69 Å². The van der Waals surface area contributed by atoms with E-state index in [4.69, 9.17) is 22.1 Å². The minimum atomic E-state index is -0.981. The minimum absolute atomic E-state index is 0.201. The van der Waals surface area contributed by atoms with Crippen molar-refractivity contribution in [2.24, 2.45) is 0 Å². The quantitative estimate of drug-likeness (QED) is 0.835. The number of carbonyl (C=O) groups is 2. The van der Waals surface area contributed by atoms with E-state index in [1.807, 2.05) is 0 Å². The van der Waals surface area contributed by atoms with Gasteiger partial charge >= 0.3 is 5.97 Å². The number of benzene rings is 1. The van der Waals surface area contributed by atoms with Gasteiger partial charge in [-0.3, -0.25) is 4.79 Å². The number of nitrogens with zero attached hydrogens (tertiary/aromatic N) is 1. The van der Waals surface area contributed by atoms with Crippen LogP contribution in [0.1, 0.15) is 23.0 Å². The van der Waals surface area contributed by atoms with Gasteiger partial charge in [0, 0.05) is 10.7 Å². The van der Waals surface area contributed by atoms with E-state index in [-0.39, 0.29) is 10.6 Å². The first-order chi connectivity index (χ1) is 10.4. The first kappa shape index (κ1) is 16.3. The van der Waals surface area contributed by atoms with Crippen molar-refractivity contribution in [3.8, 4) is 0 Å². The molecule has 1 amide bonds. The van der Waals surface area contributed by atoms with Gasteiger partial charge in [0.05, 0.1) is 5.69 Å². The number of nitrogens with one attached hydrogen (secondary N) is 1. The van der Waals surface area contributed by atoms with Crippen LogP contribution in [0.25, 0.3) is 0 Å². The molecule has 0 spiro atoms. The predicted molar refractivity (Wildman–Crippen MR) is 86.2 cm³/mol. The lowest BCUT2D eigenvalue weighted by molar-refractivity contribution is -0.123. The zero-order valence-corrected chi connectivity index (χ0v) is 13.5. The SMILES string of the molecule is Cc1nsc(N)c1C(=O)O[C@@H](C)C(=O)Nc1cccc(Cl)c1. The Morgan fingerprint density at radius 3 is 2.77 bits per heavy atom. The van der Waals surface area contributed by atoms with Crippen LogP contribution in [0, 0.1) is 6.92 Å². The van der Waals surface area contributed by atoms with Crippen LogP contribution < -0.4 is 11.1 Å². The van der Waals surface area contributed by atoms with Crippen molar-refractivity contribution in [1.29, 1.82) is 0 Å². The molecular weight excluding hydrogens is 326 g/mol. The van der Waals surface area contributed by atoms with Crippen LogP contribution in [-0.2, 0) is 9.53 Å². The number of nitrogen functional groups attached to an aromatic ring is 1. The number of aromatic nitrogens is 1. The van der Waals surface area contributed by atoms with E-state index in [9.17, 15) is 9.59 Å². The molecule has 0 bridgehead atoms. The number of carbonyl (C=O) groups excluding carboxylic acids is 2. The van der Waals surface area contributed by atoms with Gasteiger partial charge in [0.15, 0.2) is 6.10 Å². The molecule has 0 aliphatic heterocycles. The summed E-state index contributed by atoms with van der Waals surface area (Å²) in [4.78, 5) is 24.1. The Balaban J connectivity index is 2.01. The van der Waals surface area contributed by atoms with Gasteiger partial charge in [0.2, 0.25) is 0 Å². The molecule has 0 unspecified atom stereocenters. The third-order valence-electron chi connectivity index (χ3n) is 2.84. The number of esters is 1. The molecule has 2 rings (SSSR count). The number of ether oxygens (including phenoxy) is 1. The lowest BCUT2D eigenvalue weighted by Gasteiger charge is -2.13. The standard InChI is InChI=1S/C14H14ClN3O3S/c1-7-11(12(16)22-18-7)14(20)21-8(2)13(19)17-10-5-3-4-9(15)6-10/h3-6,8H,16H2,1-2H3,(H,17,19)/t8-/m0/s1. The second-order valence-corrected chi connectivity index (χ2v) is 5.80. The lowest BCUT2D eigenvalue weighted by atomic mass is 10.2. The minimum Gasteiger partial charge on any atom is -0.449 e. The van der Waals surface area contributed by atoms with Gasteiger partial charge in [-0.25, -0.2) is 4.79 Å². The number of anilines is 2. The molecule has 1 atom stereocenters. The molecule has 0 saturated heterocycles. The van der Waals surface area contributed by atoms with E-state index < -0.39 is 18.0 Å². The highest BCUT2D eigenvalue weighted by Gasteiger charge is 2.23. The maximum absolute atomic E-state index is 12.0. The van der Waals surface area contributed by atoms with Gasteiger partial charge in [-0.05, 0) is 43.6 Å². The Bertz CT molecular complexity index is 698. The van der Waals surface area contributed by atoms with Crippen molar-refractivity contribution < 1.29 is 14.3 Å². The summed E-state index contributed by atoms with van der Waals surface area (Å²) < 4.78 is 9.09. The monoisotopic (exact) mass is 339 g/mol. The summed E-state index contributed by atoms with van der Waals surface area (Å²) in [5.41, 5.74) is 6.88. The van der Waals surface area contributed by atoms with E-state index in [1.165, 1.54) is 6.92 Å². The van der Waals surface area contributed by atoms with E-state index >= 15 is 0 Å². The van der Waals surface area contributed by atoms with Crippen LogP contribution in [0.3, 0.4) is 0 Å². The summed E-state index contributed by atoms with van der Waals surface area (Å²) in [6.07, 6.45) is -0.981. The first-order valence-electron chi connectivity index (χ1n) is 6.37. The highest BCUT2D eigenvalue weighted by molar-refractivity contribution is 7.10. The summed E-state index contributed by atoms with van der Waals surface area (Å²) in [7, 11) is 0. The number of amides is 1. The summed E-state index contributed by atoms with van der Waals surface area (Å²) in [6.45, 7) is 3.13. The number of halogens is 1. The Labute approximate surface area is 136 Å². The third kappa shape index (κ3) is 3.75. The van der Waals surface area contributed by atoms with Gasteiger partial charge in [-0.1, -0.05) is 17.7 Å². The van der Waals surface area contributed by atoms with Crippen molar-refractivity contribution in [1.82, 2.24) is 4.37 Å². The second kappa shape index (κ2) is 6.76. The van der Waals surface area contributed by atoms with Gasteiger partial charge in [0.1, 0.15) is 10.6 Å². The van der Waals surface area contributed by atoms with Crippen LogP contribution in [0.4, 0.5) is 10.7 Å². The van der Waals surface area contributed by atoms with Crippen LogP contribution in [0.2, 0.25) is 5.02 Å². The number of rotatable bonds is 4. The van der Waals surface area contributed by atoms with Gasteiger partial charge in [0.25, 0.3) is 5.91 Å². The normalized spacial score (nSPS) is 11.8. The van der Waals surface area contributed by atoms with E-state index in [0.29, 0.717) is 16.4 Å². The number of aryl methyl sites for hydroxylation is 1. The average Bonchev–Trinajstić information content (AvgIpc) is 2.78. The maximum Gasteiger partial charge on any atom is 0.343 e. The van der Waals surface area contributed by atoms with Crippen molar-refractivity contribution in [3.05, 3.63) is 40.5 Å². The molecule has 0 aliphatic rings. The second-order valence-electron chi connectivity index (χ2n) is 4.55. The fraction of sp³-hybridized carbons (Fsp3) is 0.214. The lowest BCUT2D eigenvalue weighted by Crippen LogP contribution is -2.30. The Morgan fingerprint density at radius 2 is 2.18 bits per heavy atom. The summed E-state index contributed by atoms with van der Waals surface area (Å²) >= 11 is 6.85. The fourth-order valence-corrected chi connectivity index (χ4v) is 2.56. The third-order valence-corrected chi connectivity index (χ3v) is 3.84. The molecule has 6 nitrogen and oxygen atoms in total. The number of hydrogen-bond donors (Lipinski definition) is 2. The molecule has 1 aromatic heterocycles. The molecule has 1 aromatic carbocycles. The van der Waals surface area contributed by atoms with E-state index in [1.54, 1.807) is 31.2 Å². The summed E-state index contributed by atoms with van der Waals surface area (Å²) in [6, 6.07) is 6.67. The summed E-state index contributed by atoms with van der Waals surface area (Å²) in [5.74, 6) is -1.13. The fourth-order valence-electron chi connectivity index (χ4n) is 1.72. The average molecular weight is 340 g/mol.